The maximum Gasteiger partial charge on any atom is 0.314 e. The number of aliphatic carboxylic acids is 1. The summed E-state index contributed by atoms with van der Waals surface area (Å²) >= 11 is 0. The van der Waals surface area contributed by atoms with Crippen LogP contribution in [0.4, 0.5) is 0 Å². The summed E-state index contributed by atoms with van der Waals surface area (Å²) in [7, 11) is 1.59. The molecule has 17 heavy (non-hydrogen) atoms. The van der Waals surface area contributed by atoms with E-state index < -0.39 is 11.9 Å². The highest BCUT2D eigenvalue weighted by Crippen LogP contribution is 2.15. The molecular weight excluding hydrogens is 220 g/mol. The van der Waals surface area contributed by atoms with Crippen LogP contribution in [-0.2, 0) is 16.0 Å². The van der Waals surface area contributed by atoms with Crippen molar-refractivity contribution in [2.24, 2.45) is 5.92 Å². The Labute approximate surface area is 100 Å². The SMILES string of the molecule is COc1ccc(CCC(C(C)=O)C(=O)O)cc1. The van der Waals surface area contributed by atoms with E-state index in [0.29, 0.717) is 12.8 Å². The Morgan fingerprint density at radius 1 is 1.29 bits per heavy atom. The molecule has 1 rings (SSSR count). The highest BCUT2D eigenvalue weighted by molar-refractivity contribution is 5.96. The zero-order chi connectivity index (χ0) is 12.8. The minimum Gasteiger partial charge on any atom is -0.497 e. The first-order chi connectivity index (χ1) is 8.04. The van der Waals surface area contributed by atoms with Gasteiger partial charge in [0, 0.05) is 0 Å². The molecule has 0 spiro atoms. The zero-order valence-electron chi connectivity index (χ0n) is 9.97. The van der Waals surface area contributed by atoms with Gasteiger partial charge in [-0.1, -0.05) is 12.1 Å². The lowest BCUT2D eigenvalue weighted by atomic mass is 9.96. The molecule has 1 atom stereocenters. The Morgan fingerprint density at radius 3 is 2.29 bits per heavy atom. The van der Waals surface area contributed by atoms with Gasteiger partial charge in [-0.15, -0.1) is 0 Å². The quantitative estimate of drug-likeness (QED) is 0.766. The lowest BCUT2D eigenvalue weighted by Gasteiger charge is -2.08. The fraction of sp³-hybridized carbons (Fsp3) is 0.385. The van der Waals surface area contributed by atoms with Crippen LogP contribution in [0.2, 0.25) is 0 Å². The number of carbonyl (C=O) groups excluding carboxylic acids is 1. The van der Waals surface area contributed by atoms with Gasteiger partial charge >= 0.3 is 5.97 Å². The molecule has 1 aromatic rings. The third-order valence-electron chi connectivity index (χ3n) is 2.67. The number of carbonyl (C=O) groups is 2. The first-order valence-electron chi connectivity index (χ1n) is 5.40. The van der Waals surface area contributed by atoms with Crippen LogP contribution in [0.15, 0.2) is 24.3 Å². The Bertz CT molecular complexity index is 380. The number of carboxylic acid groups (broad SMARTS) is 1. The fourth-order valence-electron chi connectivity index (χ4n) is 1.60. The van der Waals surface area contributed by atoms with Gasteiger partial charge in [-0.2, -0.15) is 0 Å². The van der Waals surface area contributed by atoms with Crippen LogP contribution in [0.5, 0.6) is 5.75 Å². The predicted molar refractivity (Wildman–Crippen MR) is 63.1 cm³/mol. The number of rotatable bonds is 6. The normalized spacial score (nSPS) is 11.9. The summed E-state index contributed by atoms with van der Waals surface area (Å²) in [4.78, 5) is 21.9. The number of hydrogen-bond donors (Lipinski definition) is 1. The van der Waals surface area contributed by atoms with Crippen LogP contribution >= 0.6 is 0 Å². The maximum absolute atomic E-state index is 11.1. The second-order valence-electron chi connectivity index (χ2n) is 3.89. The average molecular weight is 236 g/mol. The second kappa shape index (κ2) is 6.03. The molecule has 4 nitrogen and oxygen atoms in total. The van der Waals surface area contributed by atoms with Crippen molar-refractivity contribution < 1.29 is 19.4 Å². The Morgan fingerprint density at radius 2 is 1.88 bits per heavy atom. The molecular formula is C13H16O4. The molecule has 1 aromatic carbocycles. The van der Waals surface area contributed by atoms with Gasteiger partial charge in [-0.05, 0) is 37.5 Å². The molecule has 0 aliphatic heterocycles. The van der Waals surface area contributed by atoms with Crippen LogP contribution in [0, 0.1) is 5.92 Å². The van der Waals surface area contributed by atoms with Gasteiger partial charge in [-0.3, -0.25) is 9.59 Å². The van der Waals surface area contributed by atoms with E-state index in [1.54, 1.807) is 7.11 Å². The van der Waals surface area contributed by atoms with Crippen molar-refractivity contribution in [1.29, 1.82) is 0 Å². The largest absolute Gasteiger partial charge is 0.497 e. The number of carboxylic acids is 1. The number of aryl methyl sites for hydroxylation is 1. The number of benzene rings is 1. The lowest BCUT2D eigenvalue weighted by Crippen LogP contribution is -2.22. The van der Waals surface area contributed by atoms with E-state index in [1.807, 2.05) is 24.3 Å². The fourth-order valence-corrected chi connectivity index (χ4v) is 1.60. The topological polar surface area (TPSA) is 63.6 Å². The summed E-state index contributed by atoms with van der Waals surface area (Å²) in [5.74, 6) is -1.50. The molecule has 0 amide bonds. The summed E-state index contributed by atoms with van der Waals surface area (Å²) in [6.07, 6.45) is 0.900. The van der Waals surface area contributed by atoms with Crippen molar-refractivity contribution in [3.8, 4) is 5.75 Å². The van der Waals surface area contributed by atoms with Crippen molar-refractivity contribution in [3.05, 3.63) is 29.8 Å². The summed E-state index contributed by atoms with van der Waals surface area (Å²) in [6.45, 7) is 1.31. The third kappa shape index (κ3) is 3.90. The van der Waals surface area contributed by atoms with Crippen LogP contribution in [0.1, 0.15) is 18.9 Å². The van der Waals surface area contributed by atoms with Crippen LogP contribution in [0.25, 0.3) is 0 Å². The van der Waals surface area contributed by atoms with Crippen LogP contribution < -0.4 is 4.74 Å². The van der Waals surface area contributed by atoms with E-state index in [0.717, 1.165) is 11.3 Å². The lowest BCUT2D eigenvalue weighted by molar-refractivity contribution is -0.145. The van der Waals surface area contributed by atoms with Gasteiger partial charge in [0.25, 0.3) is 0 Å². The van der Waals surface area contributed by atoms with E-state index in [9.17, 15) is 9.59 Å². The van der Waals surface area contributed by atoms with Gasteiger partial charge in [0.05, 0.1) is 7.11 Å². The maximum atomic E-state index is 11.1. The Hall–Kier alpha value is -1.84. The molecule has 0 saturated carbocycles. The van der Waals surface area contributed by atoms with Crippen molar-refractivity contribution in [3.63, 3.8) is 0 Å². The van der Waals surface area contributed by atoms with E-state index >= 15 is 0 Å². The molecule has 0 saturated heterocycles. The molecule has 0 aliphatic carbocycles. The molecule has 92 valence electrons. The molecule has 0 heterocycles. The monoisotopic (exact) mass is 236 g/mol. The van der Waals surface area contributed by atoms with E-state index in [2.05, 4.69) is 0 Å². The van der Waals surface area contributed by atoms with Crippen molar-refractivity contribution in [2.45, 2.75) is 19.8 Å². The van der Waals surface area contributed by atoms with Gasteiger partial charge < -0.3 is 9.84 Å². The molecule has 0 radical (unpaired) electrons. The number of ether oxygens (including phenoxy) is 1. The summed E-state index contributed by atoms with van der Waals surface area (Å²) in [6, 6.07) is 7.38. The van der Waals surface area contributed by atoms with Crippen molar-refractivity contribution in [2.75, 3.05) is 7.11 Å². The molecule has 0 bridgehead atoms. The van der Waals surface area contributed by atoms with E-state index in [-0.39, 0.29) is 5.78 Å². The van der Waals surface area contributed by atoms with Crippen molar-refractivity contribution in [1.82, 2.24) is 0 Å². The minimum absolute atomic E-state index is 0.300. The number of methoxy groups -OCH3 is 1. The van der Waals surface area contributed by atoms with Gasteiger partial charge in [-0.25, -0.2) is 0 Å². The number of hydrogen-bond acceptors (Lipinski definition) is 3. The van der Waals surface area contributed by atoms with Crippen LogP contribution in [-0.4, -0.2) is 24.0 Å². The van der Waals surface area contributed by atoms with Gasteiger partial charge in [0.1, 0.15) is 17.5 Å². The Balaban J connectivity index is 2.59. The van der Waals surface area contributed by atoms with Crippen LogP contribution in [0.3, 0.4) is 0 Å². The van der Waals surface area contributed by atoms with E-state index in [1.165, 1.54) is 6.92 Å². The predicted octanol–water partition coefficient (Wildman–Crippen LogP) is 1.92. The second-order valence-corrected chi connectivity index (χ2v) is 3.89. The molecule has 1 unspecified atom stereocenters. The highest BCUT2D eigenvalue weighted by Gasteiger charge is 2.21. The highest BCUT2D eigenvalue weighted by atomic mass is 16.5. The first kappa shape index (κ1) is 13.2. The Kier molecular flexibility index (Phi) is 4.69. The minimum atomic E-state index is -1.05. The molecule has 0 aromatic heterocycles. The number of ketones is 1. The van der Waals surface area contributed by atoms with E-state index in [4.69, 9.17) is 9.84 Å². The first-order valence-corrected chi connectivity index (χ1v) is 5.40. The molecule has 4 heteroatoms. The standard InChI is InChI=1S/C13H16O4/c1-9(14)12(13(15)16)8-5-10-3-6-11(17-2)7-4-10/h3-4,6-7,12H,5,8H2,1-2H3,(H,15,16). The zero-order valence-corrected chi connectivity index (χ0v) is 9.97. The summed E-state index contributed by atoms with van der Waals surface area (Å²) < 4.78 is 5.02. The molecule has 0 fully saturated rings. The third-order valence-corrected chi connectivity index (χ3v) is 2.67. The molecule has 0 aliphatic rings. The summed E-state index contributed by atoms with van der Waals surface area (Å²) in [5.41, 5.74) is 0.998. The smallest absolute Gasteiger partial charge is 0.314 e. The number of Topliss-reactive ketones (excluding diaryl/α,β-unsaturated/α-hetero) is 1. The summed E-state index contributed by atoms with van der Waals surface area (Å²) in [5, 5.41) is 8.86. The van der Waals surface area contributed by atoms with Crippen molar-refractivity contribution >= 4 is 11.8 Å². The van der Waals surface area contributed by atoms with Gasteiger partial charge in [0.2, 0.25) is 0 Å². The molecule has 1 N–H and O–H groups in total. The van der Waals surface area contributed by atoms with Gasteiger partial charge in [0.15, 0.2) is 0 Å². The average Bonchev–Trinajstić information content (AvgIpc) is 2.29.